The lowest BCUT2D eigenvalue weighted by atomic mass is 10.0. The molecule has 5 rings (SSSR count). The van der Waals surface area contributed by atoms with Gasteiger partial charge in [-0.1, -0.05) is 54.6 Å². The third-order valence-electron chi connectivity index (χ3n) is 5.55. The highest BCUT2D eigenvalue weighted by molar-refractivity contribution is 7.14. The molecule has 5 nitrogen and oxygen atoms in total. The van der Waals surface area contributed by atoms with E-state index in [-0.39, 0.29) is 11.8 Å². The predicted octanol–water partition coefficient (Wildman–Crippen LogP) is 5.34. The molecule has 4 aromatic rings. The van der Waals surface area contributed by atoms with Crippen molar-refractivity contribution in [2.45, 2.75) is 19.4 Å². The van der Waals surface area contributed by atoms with Crippen LogP contribution in [0.5, 0.6) is 0 Å². The van der Waals surface area contributed by atoms with Gasteiger partial charge < -0.3 is 4.90 Å². The molecule has 1 N–H and O–H groups in total. The molecule has 1 aromatic heterocycles. The molecule has 0 atom stereocenters. The summed E-state index contributed by atoms with van der Waals surface area (Å²) in [5.74, 6) is 0.00945. The summed E-state index contributed by atoms with van der Waals surface area (Å²) in [7, 11) is 0. The Labute approximate surface area is 184 Å². The number of amides is 2. The number of hydrogen-bond donors (Lipinski definition) is 1. The number of carbonyl (C=O) groups is 2. The molecule has 0 radical (unpaired) electrons. The number of nitrogens with one attached hydrogen (secondary N) is 1. The van der Waals surface area contributed by atoms with Gasteiger partial charge in [-0.05, 0) is 34.9 Å². The van der Waals surface area contributed by atoms with Gasteiger partial charge in [0.1, 0.15) is 0 Å². The van der Waals surface area contributed by atoms with Crippen molar-refractivity contribution in [3.8, 4) is 11.3 Å². The Morgan fingerprint density at radius 2 is 1.84 bits per heavy atom. The van der Waals surface area contributed by atoms with Crippen LogP contribution in [-0.4, -0.2) is 28.2 Å². The molecule has 3 aromatic carbocycles. The van der Waals surface area contributed by atoms with Crippen LogP contribution in [-0.2, 0) is 11.3 Å². The summed E-state index contributed by atoms with van der Waals surface area (Å²) in [5, 5.41) is 7.74. The van der Waals surface area contributed by atoms with Crippen LogP contribution in [0.25, 0.3) is 22.0 Å². The van der Waals surface area contributed by atoms with Crippen LogP contribution in [0.3, 0.4) is 0 Å². The molecule has 154 valence electrons. The van der Waals surface area contributed by atoms with Crippen LogP contribution in [0.2, 0.25) is 0 Å². The van der Waals surface area contributed by atoms with E-state index in [2.05, 4.69) is 28.5 Å². The average molecular weight is 428 g/mol. The Kier molecular flexibility index (Phi) is 5.22. The van der Waals surface area contributed by atoms with Crippen LogP contribution in [0.15, 0.2) is 72.1 Å². The van der Waals surface area contributed by atoms with Gasteiger partial charge in [0, 0.05) is 36.0 Å². The third-order valence-corrected chi connectivity index (χ3v) is 6.31. The number of likely N-dealkylation sites (tertiary alicyclic amines) is 1. The number of aromatic nitrogens is 1. The van der Waals surface area contributed by atoms with Crippen molar-refractivity contribution in [2.75, 3.05) is 11.9 Å². The molecule has 0 aliphatic carbocycles. The minimum absolute atomic E-state index is 0.192. The van der Waals surface area contributed by atoms with Crippen molar-refractivity contribution in [3.05, 3.63) is 83.2 Å². The molecule has 1 fully saturated rings. The molecule has 2 amide bonds. The SMILES string of the molecule is O=C(Nc1nc(-c2cccc3ccccc23)cs1)c1ccc(CN2CCCC2=O)cc1. The molecular formula is C25H21N3O2S. The van der Waals surface area contributed by atoms with Crippen LogP contribution >= 0.6 is 11.3 Å². The molecular weight excluding hydrogens is 406 g/mol. The summed E-state index contributed by atoms with van der Waals surface area (Å²) in [5.41, 5.74) is 3.50. The maximum Gasteiger partial charge on any atom is 0.257 e. The number of benzene rings is 3. The monoisotopic (exact) mass is 427 g/mol. The lowest BCUT2D eigenvalue weighted by Gasteiger charge is -2.15. The lowest BCUT2D eigenvalue weighted by Crippen LogP contribution is -2.23. The Hall–Kier alpha value is -3.51. The Balaban J connectivity index is 1.29. The fraction of sp³-hybridized carbons (Fsp3) is 0.160. The van der Waals surface area contributed by atoms with Gasteiger partial charge in [-0.2, -0.15) is 0 Å². The molecule has 0 saturated carbocycles. The smallest absolute Gasteiger partial charge is 0.257 e. The van der Waals surface area contributed by atoms with E-state index in [1.54, 1.807) is 12.1 Å². The van der Waals surface area contributed by atoms with Gasteiger partial charge >= 0.3 is 0 Å². The van der Waals surface area contributed by atoms with E-state index in [1.165, 1.54) is 11.3 Å². The number of thiazole rings is 1. The van der Waals surface area contributed by atoms with Crippen LogP contribution in [0.4, 0.5) is 5.13 Å². The second-order valence-electron chi connectivity index (χ2n) is 7.63. The number of rotatable bonds is 5. The second kappa shape index (κ2) is 8.32. The van der Waals surface area contributed by atoms with Crippen molar-refractivity contribution < 1.29 is 9.59 Å². The fourth-order valence-electron chi connectivity index (χ4n) is 3.93. The van der Waals surface area contributed by atoms with Crippen LogP contribution in [0.1, 0.15) is 28.8 Å². The van der Waals surface area contributed by atoms with Gasteiger partial charge in [0.05, 0.1) is 5.69 Å². The standard InChI is InChI=1S/C25H21N3O2S/c29-23-9-4-14-28(23)15-17-10-12-19(13-11-17)24(30)27-25-26-22(16-31-25)21-8-3-6-18-5-1-2-7-20(18)21/h1-3,5-8,10-13,16H,4,9,14-15H2,(H,26,27,30). The topological polar surface area (TPSA) is 62.3 Å². The number of hydrogen-bond acceptors (Lipinski definition) is 4. The molecule has 0 spiro atoms. The first kappa shape index (κ1) is 19.5. The van der Waals surface area contributed by atoms with Crippen LogP contribution < -0.4 is 5.32 Å². The normalized spacial score (nSPS) is 13.7. The summed E-state index contributed by atoms with van der Waals surface area (Å²) in [4.78, 5) is 31.0. The number of carbonyl (C=O) groups excluding carboxylic acids is 2. The van der Waals surface area contributed by atoms with E-state index in [0.29, 0.717) is 23.7 Å². The molecule has 1 aliphatic rings. The highest BCUT2D eigenvalue weighted by Gasteiger charge is 2.20. The molecule has 31 heavy (non-hydrogen) atoms. The molecule has 6 heteroatoms. The Bertz CT molecular complexity index is 1260. The Morgan fingerprint density at radius 1 is 1.03 bits per heavy atom. The average Bonchev–Trinajstić information content (AvgIpc) is 3.43. The molecule has 1 saturated heterocycles. The van der Waals surface area contributed by atoms with E-state index in [0.717, 1.165) is 40.6 Å². The first-order valence-corrected chi connectivity index (χ1v) is 11.2. The molecule has 0 unspecified atom stereocenters. The van der Waals surface area contributed by atoms with Crippen molar-refractivity contribution in [3.63, 3.8) is 0 Å². The quantitative estimate of drug-likeness (QED) is 0.468. The lowest BCUT2D eigenvalue weighted by molar-refractivity contribution is -0.128. The van der Waals surface area contributed by atoms with E-state index in [9.17, 15) is 9.59 Å². The van der Waals surface area contributed by atoms with E-state index in [1.807, 2.05) is 46.7 Å². The van der Waals surface area contributed by atoms with E-state index >= 15 is 0 Å². The molecule has 2 heterocycles. The van der Waals surface area contributed by atoms with Gasteiger partial charge in [0.15, 0.2) is 5.13 Å². The Morgan fingerprint density at radius 3 is 2.65 bits per heavy atom. The largest absolute Gasteiger partial charge is 0.338 e. The molecule has 1 aliphatic heterocycles. The zero-order chi connectivity index (χ0) is 21.2. The minimum Gasteiger partial charge on any atom is -0.338 e. The van der Waals surface area contributed by atoms with Crippen LogP contribution in [0, 0.1) is 0 Å². The fourth-order valence-corrected chi connectivity index (χ4v) is 4.63. The van der Waals surface area contributed by atoms with Gasteiger partial charge in [0.2, 0.25) is 5.91 Å². The summed E-state index contributed by atoms with van der Waals surface area (Å²) in [6.45, 7) is 1.41. The van der Waals surface area contributed by atoms with Gasteiger partial charge in [-0.3, -0.25) is 14.9 Å². The maximum atomic E-state index is 12.7. The van der Waals surface area contributed by atoms with Crippen molar-refractivity contribution in [2.24, 2.45) is 0 Å². The van der Waals surface area contributed by atoms with Crippen molar-refractivity contribution in [1.29, 1.82) is 0 Å². The molecule has 0 bridgehead atoms. The third kappa shape index (κ3) is 4.07. The number of fused-ring (bicyclic) bond motifs is 1. The summed E-state index contributed by atoms with van der Waals surface area (Å²) in [6.07, 6.45) is 1.56. The zero-order valence-electron chi connectivity index (χ0n) is 16.9. The zero-order valence-corrected chi connectivity index (χ0v) is 17.7. The predicted molar refractivity (Wildman–Crippen MR) is 124 cm³/mol. The first-order chi connectivity index (χ1) is 15.2. The van der Waals surface area contributed by atoms with Gasteiger partial charge in [-0.25, -0.2) is 4.98 Å². The highest BCUT2D eigenvalue weighted by atomic mass is 32.1. The summed E-state index contributed by atoms with van der Waals surface area (Å²) >= 11 is 1.41. The second-order valence-corrected chi connectivity index (χ2v) is 8.49. The van der Waals surface area contributed by atoms with E-state index in [4.69, 9.17) is 0 Å². The van der Waals surface area contributed by atoms with Crippen molar-refractivity contribution >= 4 is 39.1 Å². The minimum atomic E-state index is -0.192. The van der Waals surface area contributed by atoms with Gasteiger partial charge in [-0.15, -0.1) is 11.3 Å². The van der Waals surface area contributed by atoms with Crippen molar-refractivity contribution in [1.82, 2.24) is 9.88 Å². The summed E-state index contributed by atoms with van der Waals surface area (Å²) in [6, 6.07) is 21.8. The highest BCUT2D eigenvalue weighted by Crippen LogP contribution is 2.31. The van der Waals surface area contributed by atoms with E-state index < -0.39 is 0 Å². The summed E-state index contributed by atoms with van der Waals surface area (Å²) < 4.78 is 0. The number of anilines is 1. The maximum absolute atomic E-state index is 12.7. The first-order valence-electron chi connectivity index (χ1n) is 10.3. The van der Waals surface area contributed by atoms with Gasteiger partial charge in [0.25, 0.3) is 5.91 Å². The number of nitrogens with zero attached hydrogens (tertiary/aromatic N) is 2.